The van der Waals surface area contributed by atoms with Crippen molar-refractivity contribution in [3.63, 3.8) is 0 Å². The molecule has 0 radical (unpaired) electrons. The molecule has 0 amide bonds. The highest BCUT2D eigenvalue weighted by molar-refractivity contribution is 6.28. The van der Waals surface area contributed by atoms with Crippen molar-refractivity contribution in [2.24, 2.45) is 0 Å². The van der Waals surface area contributed by atoms with E-state index in [1.165, 1.54) is 0 Å². The van der Waals surface area contributed by atoms with Crippen molar-refractivity contribution in [3.05, 3.63) is 17.0 Å². The minimum absolute atomic E-state index is 0.0884. The summed E-state index contributed by atoms with van der Waals surface area (Å²) in [5.74, 6) is -0.0979. The number of rotatable bonds is 2. The van der Waals surface area contributed by atoms with Gasteiger partial charge in [-0.25, -0.2) is 4.98 Å². The van der Waals surface area contributed by atoms with Crippen LogP contribution in [0, 0.1) is 0 Å². The molecule has 1 heterocycles. The maximum atomic E-state index is 12.6. The number of hydrogen-bond acceptors (Lipinski definition) is 3. The van der Waals surface area contributed by atoms with Crippen molar-refractivity contribution in [2.75, 3.05) is 0 Å². The van der Waals surface area contributed by atoms with Crippen LogP contribution in [-0.2, 0) is 6.18 Å². The lowest BCUT2D eigenvalue weighted by molar-refractivity contribution is -0.141. The highest BCUT2D eigenvalue weighted by Gasteiger charge is 2.34. The topological polar surface area (TPSA) is 35.0 Å². The van der Waals surface area contributed by atoms with Gasteiger partial charge in [-0.3, -0.25) is 0 Å². The van der Waals surface area contributed by atoms with Gasteiger partial charge in [-0.1, -0.05) is 12.8 Å². The monoisotopic (exact) mass is 294 g/mol. The first-order valence-electron chi connectivity index (χ1n) is 6.23. The van der Waals surface area contributed by atoms with E-state index in [0.29, 0.717) is 0 Å². The Labute approximate surface area is 114 Å². The minimum Gasteiger partial charge on any atom is -0.474 e. The fourth-order valence-electron chi connectivity index (χ4n) is 2.13. The summed E-state index contributed by atoms with van der Waals surface area (Å²) in [5, 5.41) is -0.446. The molecule has 0 aliphatic heterocycles. The molecule has 0 saturated heterocycles. The third-order valence-electron chi connectivity index (χ3n) is 3.06. The normalized spacial score (nSPS) is 18.1. The molecule has 1 saturated carbocycles. The standard InChI is InChI=1S/C12H14ClF3N2O/c13-11-17-9(12(14,15)16)7-10(18-11)19-8-5-3-1-2-4-6-8/h7-8H,1-6H2. The van der Waals surface area contributed by atoms with Gasteiger partial charge >= 0.3 is 6.18 Å². The summed E-state index contributed by atoms with van der Waals surface area (Å²) in [5.41, 5.74) is -1.07. The van der Waals surface area contributed by atoms with Gasteiger partial charge in [0, 0.05) is 6.07 Å². The first kappa shape index (κ1) is 14.4. The maximum Gasteiger partial charge on any atom is 0.433 e. The SMILES string of the molecule is FC(F)(F)c1cc(OC2CCCCCC2)nc(Cl)n1. The molecule has 19 heavy (non-hydrogen) atoms. The van der Waals surface area contributed by atoms with E-state index in [-0.39, 0.29) is 12.0 Å². The van der Waals surface area contributed by atoms with Crippen LogP contribution in [0.1, 0.15) is 44.2 Å². The van der Waals surface area contributed by atoms with E-state index < -0.39 is 17.2 Å². The second-order valence-corrected chi connectivity index (χ2v) is 4.93. The van der Waals surface area contributed by atoms with Gasteiger partial charge in [0.25, 0.3) is 0 Å². The minimum atomic E-state index is -4.55. The van der Waals surface area contributed by atoms with E-state index in [1.54, 1.807) is 0 Å². The van der Waals surface area contributed by atoms with Crippen LogP contribution in [0.15, 0.2) is 6.07 Å². The van der Waals surface area contributed by atoms with Crippen molar-refractivity contribution < 1.29 is 17.9 Å². The van der Waals surface area contributed by atoms with Crippen molar-refractivity contribution in [1.29, 1.82) is 0 Å². The van der Waals surface area contributed by atoms with E-state index in [4.69, 9.17) is 16.3 Å². The van der Waals surface area contributed by atoms with Crippen molar-refractivity contribution in [3.8, 4) is 5.88 Å². The molecule has 0 N–H and O–H groups in total. The second kappa shape index (κ2) is 5.94. The highest BCUT2D eigenvalue weighted by atomic mass is 35.5. The first-order valence-corrected chi connectivity index (χ1v) is 6.61. The van der Waals surface area contributed by atoms with Crippen molar-refractivity contribution in [2.45, 2.75) is 50.8 Å². The average Bonchev–Trinajstić information content (AvgIpc) is 2.55. The Bertz CT molecular complexity index is 431. The summed E-state index contributed by atoms with van der Waals surface area (Å²) < 4.78 is 43.3. The lowest BCUT2D eigenvalue weighted by Crippen LogP contribution is -2.17. The number of hydrogen-bond donors (Lipinski definition) is 0. The smallest absolute Gasteiger partial charge is 0.433 e. The van der Waals surface area contributed by atoms with Crippen LogP contribution >= 0.6 is 11.6 Å². The summed E-state index contributed by atoms with van der Waals surface area (Å²) in [6, 6.07) is 0.802. The summed E-state index contributed by atoms with van der Waals surface area (Å²) in [6.07, 6.45) is 1.36. The van der Waals surface area contributed by atoms with E-state index >= 15 is 0 Å². The van der Waals surface area contributed by atoms with E-state index in [2.05, 4.69) is 9.97 Å². The molecule has 3 nitrogen and oxygen atoms in total. The summed E-state index contributed by atoms with van der Waals surface area (Å²) in [7, 11) is 0. The van der Waals surface area contributed by atoms with Gasteiger partial charge < -0.3 is 4.74 Å². The zero-order valence-corrected chi connectivity index (χ0v) is 11.0. The number of nitrogens with zero attached hydrogens (tertiary/aromatic N) is 2. The maximum absolute atomic E-state index is 12.6. The van der Waals surface area contributed by atoms with Crippen LogP contribution in [0.2, 0.25) is 5.28 Å². The van der Waals surface area contributed by atoms with Crippen LogP contribution in [-0.4, -0.2) is 16.1 Å². The average molecular weight is 295 g/mol. The van der Waals surface area contributed by atoms with Gasteiger partial charge in [0.05, 0.1) is 0 Å². The fourth-order valence-corrected chi connectivity index (χ4v) is 2.31. The molecular weight excluding hydrogens is 281 g/mol. The third kappa shape index (κ3) is 4.23. The molecular formula is C12H14ClF3N2O. The Hall–Kier alpha value is -1.04. The number of aromatic nitrogens is 2. The Balaban J connectivity index is 2.13. The molecule has 2 rings (SSSR count). The molecule has 1 aliphatic carbocycles. The van der Waals surface area contributed by atoms with Gasteiger partial charge in [0.1, 0.15) is 6.10 Å². The molecule has 0 atom stereocenters. The summed E-state index contributed by atoms with van der Waals surface area (Å²) in [6.45, 7) is 0. The second-order valence-electron chi connectivity index (χ2n) is 4.59. The van der Waals surface area contributed by atoms with Gasteiger partial charge in [-0.2, -0.15) is 18.2 Å². The van der Waals surface area contributed by atoms with Crippen molar-refractivity contribution >= 4 is 11.6 Å². The van der Waals surface area contributed by atoms with Crippen LogP contribution in [0.25, 0.3) is 0 Å². The van der Waals surface area contributed by atoms with Crippen LogP contribution in [0.5, 0.6) is 5.88 Å². The molecule has 0 bridgehead atoms. The predicted molar refractivity (Wildman–Crippen MR) is 64.2 cm³/mol. The Morgan fingerprint density at radius 1 is 1.11 bits per heavy atom. The van der Waals surface area contributed by atoms with Gasteiger partial charge in [0.15, 0.2) is 5.69 Å². The molecule has 1 aromatic heterocycles. The molecule has 0 unspecified atom stereocenters. The third-order valence-corrected chi connectivity index (χ3v) is 3.22. The van der Waals surface area contributed by atoms with Crippen LogP contribution in [0.3, 0.4) is 0 Å². The summed E-state index contributed by atoms with van der Waals surface area (Å²) >= 11 is 5.50. The number of ether oxygens (including phenoxy) is 1. The largest absolute Gasteiger partial charge is 0.474 e. The van der Waals surface area contributed by atoms with E-state index in [9.17, 15) is 13.2 Å². The Kier molecular flexibility index (Phi) is 4.50. The van der Waals surface area contributed by atoms with E-state index in [1.807, 2.05) is 0 Å². The number of alkyl halides is 3. The number of halogens is 4. The van der Waals surface area contributed by atoms with Crippen molar-refractivity contribution in [1.82, 2.24) is 9.97 Å². The predicted octanol–water partition coefficient (Wildman–Crippen LogP) is 4.25. The Morgan fingerprint density at radius 3 is 2.32 bits per heavy atom. The molecule has 0 aromatic carbocycles. The first-order chi connectivity index (χ1) is 8.95. The zero-order valence-electron chi connectivity index (χ0n) is 10.2. The zero-order chi connectivity index (χ0) is 13.9. The quantitative estimate of drug-likeness (QED) is 0.604. The van der Waals surface area contributed by atoms with Gasteiger partial charge in [-0.05, 0) is 37.3 Å². The van der Waals surface area contributed by atoms with Crippen LogP contribution < -0.4 is 4.74 Å². The van der Waals surface area contributed by atoms with E-state index in [0.717, 1.165) is 44.6 Å². The molecule has 1 aromatic rings. The molecule has 0 spiro atoms. The molecule has 106 valence electrons. The molecule has 7 heteroatoms. The highest BCUT2D eigenvalue weighted by Crippen LogP contribution is 2.31. The van der Waals surface area contributed by atoms with Crippen LogP contribution in [0.4, 0.5) is 13.2 Å². The van der Waals surface area contributed by atoms with Gasteiger partial charge in [-0.15, -0.1) is 0 Å². The summed E-state index contributed by atoms with van der Waals surface area (Å²) in [4.78, 5) is 6.87. The Morgan fingerprint density at radius 2 is 1.74 bits per heavy atom. The molecule has 1 aliphatic rings. The lowest BCUT2D eigenvalue weighted by atomic mass is 10.1. The molecule has 1 fully saturated rings. The lowest BCUT2D eigenvalue weighted by Gasteiger charge is -2.17. The fraction of sp³-hybridized carbons (Fsp3) is 0.667. The van der Waals surface area contributed by atoms with Gasteiger partial charge in [0.2, 0.25) is 11.2 Å².